The number of hydrogen-bond acceptors (Lipinski definition) is 3. The molecule has 0 aromatic heterocycles. The van der Waals surface area contributed by atoms with E-state index in [-0.39, 0.29) is 5.91 Å². The number of methoxy groups -OCH3 is 2. The molecule has 0 aliphatic rings. The summed E-state index contributed by atoms with van der Waals surface area (Å²) < 4.78 is 10.6. The number of nitrogens with one attached hydrogen (secondary N) is 1. The van der Waals surface area contributed by atoms with Gasteiger partial charge in [0.05, 0.1) is 26.3 Å². The largest absolute Gasteiger partial charge is 0.496 e. The van der Waals surface area contributed by atoms with Crippen LogP contribution in [-0.2, 0) is 11.2 Å². The predicted molar refractivity (Wildman–Crippen MR) is 83.1 cm³/mol. The molecule has 2 rings (SSSR count). The number of anilines is 1. The number of hydrogen-bond donors (Lipinski definition) is 1. The Morgan fingerprint density at radius 2 is 1.76 bits per heavy atom. The number of rotatable bonds is 5. The average molecular weight is 285 g/mol. The third kappa shape index (κ3) is 3.54. The first-order valence-electron chi connectivity index (χ1n) is 6.71. The molecular formula is C17H19NO3. The molecule has 1 N–H and O–H groups in total. The van der Waals surface area contributed by atoms with Crippen LogP contribution in [0.1, 0.15) is 11.1 Å². The van der Waals surface area contributed by atoms with Crippen molar-refractivity contribution < 1.29 is 14.3 Å². The molecule has 0 saturated carbocycles. The molecule has 4 nitrogen and oxygen atoms in total. The van der Waals surface area contributed by atoms with Gasteiger partial charge in [-0.15, -0.1) is 0 Å². The molecule has 110 valence electrons. The van der Waals surface area contributed by atoms with Gasteiger partial charge in [0, 0.05) is 5.56 Å². The van der Waals surface area contributed by atoms with Crippen molar-refractivity contribution in [3.8, 4) is 11.5 Å². The molecule has 0 spiro atoms. The first-order chi connectivity index (χ1) is 10.2. The Labute approximate surface area is 124 Å². The smallest absolute Gasteiger partial charge is 0.228 e. The Kier molecular flexibility index (Phi) is 4.82. The van der Waals surface area contributed by atoms with Crippen LogP contribution in [0, 0.1) is 6.92 Å². The zero-order valence-electron chi connectivity index (χ0n) is 12.5. The third-order valence-corrected chi connectivity index (χ3v) is 3.26. The molecule has 1 amide bonds. The SMILES string of the molecule is COc1ccc(NC(=O)Cc2ccccc2)c(OC)c1C. The van der Waals surface area contributed by atoms with Crippen LogP contribution in [0.15, 0.2) is 42.5 Å². The quantitative estimate of drug-likeness (QED) is 0.917. The predicted octanol–water partition coefficient (Wildman–Crippen LogP) is 3.19. The average Bonchev–Trinajstić information content (AvgIpc) is 2.48. The first kappa shape index (κ1) is 14.9. The summed E-state index contributed by atoms with van der Waals surface area (Å²) in [7, 11) is 3.18. The Morgan fingerprint density at radius 3 is 2.38 bits per heavy atom. The third-order valence-electron chi connectivity index (χ3n) is 3.26. The Hall–Kier alpha value is -2.49. The molecule has 4 heteroatoms. The van der Waals surface area contributed by atoms with E-state index in [1.54, 1.807) is 20.3 Å². The highest BCUT2D eigenvalue weighted by Crippen LogP contribution is 2.34. The van der Waals surface area contributed by atoms with Crippen LogP contribution in [0.5, 0.6) is 11.5 Å². The van der Waals surface area contributed by atoms with E-state index in [0.717, 1.165) is 16.9 Å². The summed E-state index contributed by atoms with van der Waals surface area (Å²) >= 11 is 0. The minimum absolute atomic E-state index is 0.0796. The van der Waals surface area contributed by atoms with Crippen LogP contribution in [-0.4, -0.2) is 20.1 Å². The van der Waals surface area contributed by atoms with Crippen LogP contribution in [0.2, 0.25) is 0 Å². The lowest BCUT2D eigenvalue weighted by atomic mass is 10.1. The standard InChI is InChI=1S/C17H19NO3/c1-12-15(20-2)10-9-14(17(12)21-3)18-16(19)11-13-7-5-4-6-8-13/h4-10H,11H2,1-3H3,(H,18,19). The van der Waals surface area contributed by atoms with E-state index in [0.29, 0.717) is 17.9 Å². The molecule has 0 unspecified atom stereocenters. The molecule has 0 fully saturated rings. The maximum absolute atomic E-state index is 12.1. The summed E-state index contributed by atoms with van der Waals surface area (Å²) in [5, 5.41) is 2.88. The van der Waals surface area contributed by atoms with Crippen molar-refractivity contribution in [3.05, 3.63) is 53.6 Å². The highest BCUT2D eigenvalue weighted by Gasteiger charge is 2.13. The van der Waals surface area contributed by atoms with Gasteiger partial charge in [-0.2, -0.15) is 0 Å². The second-order valence-electron chi connectivity index (χ2n) is 4.68. The molecule has 21 heavy (non-hydrogen) atoms. The lowest BCUT2D eigenvalue weighted by Gasteiger charge is -2.15. The van der Waals surface area contributed by atoms with Crippen molar-refractivity contribution in [2.24, 2.45) is 0 Å². The van der Waals surface area contributed by atoms with Crippen molar-refractivity contribution in [1.29, 1.82) is 0 Å². The van der Waals surface area contributed by atoms with Crippen LogP contribution < -0.4 is 14.8 Å². The molecule has 0 saturated heterocycles. The number of carbonyl (C=O) groups is 1. The zero-order valence-corrected chi connectivity index (χ0v) is 12.5. The number of carbonyl (C=O) groups excluding carboxylic acids is 1. The molecule has 0 aliphatic carbocycles. The van der Waals surface area contributed by atoms with Gasteiger partial charge in [0.25, 0.3) is 0 Å². The van der Waals surface area contributed by atoms with Crippen molar-refractivity contribution in [1.82, 2.24) is 0 Å². The van der Waals surface area contributed by atoms with Gasteiger partial charge in [-0.05, 0) is 24.6 Å². The molecular weight excluding hydrogens is 266 g/mol. The lowest BCUT2D eigenvalue weighted by molar-refractivity contribution is -0.115. The number of ether oxygens (including phenoxy) is 2. The zero-order chi connectivity index (χ0) is 15.2. The van der Waals surface area contributed by atoms with Crippen molar-refractivity contribution in [3.63, 3.8) is 0 Å². The second kappa shape index (κ2) is 6.79. The molecule has 0 atom stereocenters. The second-order valence-corrected chi connectivity index (χ2v) is 4.68. The molecule has 2 aromatic rings. The lowest BCUT2D eigenvalue weighted by Crippen LogP contribution is -2.15. The highest BCUT2D eigenvalue weighted by atomic mass is 16.5. The van der Waals surface area contributed by atoms with Crippen LogP contribution in [0.4, 0.5) is 5.69 Å². The minimum atomic E-state index is -0.0796. The van der Waals surface area contributed by atoms with E-state index < -0.39 is 0 Å². The molecule has 0 bridgehead atoms. The summed E-state index contributed by atoms with van der Waals surface area (Å²) in [6.07, 6.45) is 0.328. The Balaban J connectivity index is 2.16. The topological polar surface area (TPSA) is 47.6 Å². The summed E-state index contributed by atoms with van der Waals surface area (Å²) in [6.45, 7) is 1.89. The van der Waals surface area contributed by atoms with E-state index in [1.807, 2.05) is 43.3 Å². The fraction of sp³-hybridized carbons (Fsp3) is 0.235. The monoisotopic (exact) mass is 285 g/mol. The van der Waals surface area contributed by atoms with E-state index in [9.17, 15) is 4.79 Å². The van der Waals surface area contributed by atoms with Gasteiger partial charge in [0.1, 0.15) is 11.5 Å². The Morgan fingerprint density at radius 1 is 1.05 bits per heavy atom. The number of benzene rings is 2. The van der Waals surface area contributed by atoms with E-state index in [1.165, 1.54) is 0 Å². The molecule has 2 aromatic carbocycles. The minimum Gasteiger partial charge on any atom is -0.496 e. The first-order valence-corrected chi connectivity index (χ1v) is 6.71. The molecule has 0 aliphatic heterocycles. The van der Waals surface area contributed by atoms with Gasteiger partial charge in [-0.25, -0.2) is 0 Å². The molecule has 0 heterocycles. The van der Waals surface area contributed by atoms with Crippen molar-refractivity contribution in [2.45, 2.75) is 13.3 Å². The van der Waals surface area contributed by atoms with Gasteiger partial charge in [0.2, 0.25) is 5.91 Å². The van der Waals surface area contributed by atoms with Gasteiger partial charge < -0.3 is 14.8 Å². The Bertz CT molecular complexity index is 623. The summed E-state index contributed by atoms with van der Waals surface area (Å²) in [6, 6.07) is 13.2. The number of amides is 1. The van der Waals surface area contributed by atoms with Crippen LogP contribution in [0.25, 0.3) is 0 Å². The van der Waals surface area contributed by atoms with Crippen molar-refractivity contribution in [2.75, 3.05) is 19.5 Å². The summed E-state index contributed by atoms with van der Waals surface area (Å²) in [5.74, 6) is 1.27. The summed E-state index contributed by atoms with van der Waals surface area (Å²) in [4.78, 5) is 12.1. The molecule has 0 radical (unpaired) electrons. The maximum Gasteiger partial charge on any atom is 0.228 e. The van der Waals surface area contributed by atoms with Crippen LogP contribution >= 0.6 is 0 Å². The van der Waals surface area contributed by atoms with Gasteiger partial charge >= 0.3 is 0 Å². The summed E-state index contributed by atoms with van der Waals surface area (Å²) in [5.41, 5.74) is 2.48. The normalized spacial score (nSPS) is 10.0. The van der Waals surface area contributed by atoms with Gasteiger partial charge in [-0.1, -0.05) is 30.3 Å². The fourth-order valence-corrected chi connectivity index (χ4v) is 2.23. The van der Waals surface area contributed by atoms with Gasteiger partial charge in [0.15, 0.2) is 0 Å². The van der Waals surface area contributed by atoms with E-state index in [2.05, 4.69) is 5.32 Å². The van der Waals surface area contributed by atoms with Gasteiger partial charge in [-0.3, -0.25) is 4.79 Å². The maximum atomic E-state index is 12.1. The fourth-order valence-electron chi connectivity index (χ4n) is 2.23. The van der Waals surface area contributed by atoms with E-state index >= 15 is 0 Å². The highest BCUT2D eigenvalue weighted by molar-refractivity contribution is 5.94. The van der Waals surface area contributed by atoms with Crippen LogP contribution in [0.3, 0.4) is 0 Å². The van der Waals surface area contributed by atoms with Crippen molar-refractivity contribution >= 4 is 11.6 Å². The van der Waals surface area contributed by atoms with E-state index in [4.69, 9.17) is 9.47 Å².